The molecule has 0 spiro atoms. The lowest BCUT2D eigenvalue weighted by molar-refractivity contribution is -0.141. The van der Waals surface area contributed by atoms with E-state index in [1.54, 1.807) is 12.1 Å². The molecular weight excluding hydrogens is 479 g/mol. The predicted molar refractivity (Wildman–Crippen MR) is 129 cm³/mol. The summed E-state index contributed by atoms with van der Waals surface area (Å²) in [7, 11) is 3.07. The van der Waals surface area contributed by atoms with Crippen LogP contribution in [0.3, 0.4) is 0 Å². The Bertz CT molecular complexity index is 1050. The number of ether oxygens (including phenoxy) is 3. The Morgan fingerprint density at radius 1 is 1.11 bits per heavy atom. The number of amides is 1. The second-order valence-corrected chi connectivity index (χ2v) is 8.91. The molecule has 1 N–H and O–H groups in total. The third-order valence-corrected chi connectivity index (χ3v) is 6.45. The fourth-order valence-corrected chi connectivity index (χ4v) is 4.48. The van der Waals surface area contributed by atoms with Crippen LogP contribution in [0.1, 0.15) is 32.1 Å². The normalized spacial score (nSPS) is 18.5. The van der Waals surface area contributed by atoms with Gasteiger partial charge in [0.05, 0.1) is 19.7 Å². The molecule has 1 aromatic heterocycles. The van der Waals surface area contributed by atoms with Gasteiger partial charge in [0, 0.05) is 57.2 Å². The van der Waals surface area contributed by atoms with Gasteiger partial charge in [0.25, 0.3) is 5.91 Å². The molecule has 1 aromatic carbocycles. The van der Waals surface area contributed by atoms with Crippen LogP contribution in [0.15, 0.2) is 12.1 Å². The summed E-state index contributed by atoms with van der Waals surface area (Å²) in [6.07, 6.45) is -3.28. The molecule has 3 heterocycles. The van der Waals surface area contributed by atoms with Gasteiger partial charge in [-0.05, 0) is 31.7 Å². The molecule has 0 radical (unpaired) electrons. The van der Waals surface area contributed by atoms with Gasteiger partial charge in [0.2, 0.25) is 5.95 Å². The molecule has 0 saturated carbocycles. The highest BCUT2D eigenvalue weighted by Crippen LogP contribution is 2.35. The van der Waals surface area contributed by atoms with E-state index in [1.807, 2.05) is 9.80 Å². The maximum Gasteiger partial charge on any atom is 0.389 e. The minimum absolute atomic E-state index is 0.0320. The van der Waals surface area contributed by atoms with Crippen molar-refractivity contribution in [3.05, 3.63) is 12.1 Å². The third-order valence-electron chi connectivity index (χ3n) is 6.45. The second-order valence-electron chi connectivity index (χ2n) is 8.91. The number of methoxy groups -OCH3 is 2. The SMILES string of the molecule is COc1cc2nc(N3CCN(C(=O)C4CCCO4)CC3)nc(NCCCCC(F)(F)F)c2cc1OC. The Balaban J connectivity index is 1.51. The second kappa shape index (κ2) is 11.4. The summed E-state index contributed by atoms with van der Waals surface area (Å²) in [5, 5.41) is 3.86. The lowest BCUT2D eigenvalue weighted by Crippen LogP contribution is -2.51. The maximum absolute atomic E-state index is 12.7. The molecule has 36 heavy (non-hydrogen) atoms. The largest absolute Gasteiger partial charge is 0.493 e. The zero-order valence-corrected chi connectivity index (χ0v) is 20.6. The van der Waals surface area contributed by atoms with Crippen molar-refractivity contribution in [2.45, 2.75) is 44.4 Å². The fraction of sp³-hybridized carbons (Fsp3) is 0.625. The van der Waals surface area contributed by atoms with Gasteiger partial charge < -0.3 is 29.3 Å². The van der Waals surface area contributed by atoms with Crippen LogP contribution in [0.25, 0.3) is 10.9 Å². The number of halogens is 3. The predicted octanol–water partition coefficient (Wildman–Crippen LogP) is 3.62. The van der Waals surface area contributed by atoms with Gasteiger partial charge in [0.15, 0.2) is 11.5 Å². The minimum atomic E-state index is -4.16. The Morgan fingerprint density at radius 3 is 2.47 bits per heavy atom. The van der Waals surface area contributed by atoms with Crippen molar-refractivity contribution in [1.82, 2.24) is 14.9 Å². The van der Waals surface area contributed by atoms with E-state index < -0.39 is 12.6 Å². The van der Waals surface area contributed by atoms with E-state index >= 15 is 0 Å². The topological polar surface area (TPSA) is 89.1 Å². The third kappa shape index (κ3) is 6.21. The summed E-state index contributed by atoms with van der Waals surface area (Å²) in [5.41, 5.74) is 0.619. The van der Waals surface area contributed by atoms with Gasteiger partial charge in [-0.25, -0.2) is 4.98 Å². The number of aromatic nitrogens is 2. The first-order valence-corrected chi connectivity index (χ1v) is 12.2. The zero-order chi connectivity index (χ0) is 25.7. The van der Waals surface area contributed by atoms with Crippen LogP contribution in [0.5, 0.6) is 11.5 Å². The number of carbonyl (C=O) groups excluding carboxylic acids is 1. The van der Waals surface area contributed by atoms with E-state index in [0.29, 0.717) is 79.9 Å². The highest BCUT2D eigenvalue weighted by Gasteiger charge is 2.31. The highest BCUT2D eigenvalue weighted by atomic mass is 19.4. The monoisotopic (exact) mass is 511 g/mol. The molecule has 1 atom stereocenters. The average molecular weight is 512 g/mol. The summed E-state index contributed by atoms with van der Waals surface area (Å²) in [6.45, 7) is 3.14. The van der Waals surface area contributed by atoms with Crippen LogP contribution >= 0.6 is 0 Å². The molecule has 2 fully saturated rings. The highest BCUT2D eigenvalue weighted by molar-refractivity contribution is 5.92. The summed E-state index contributed by atoms with van der Waals surface area (Å²) in [6, 6.07) is 3.51. The lowest BCUT2D eigenvalue weighted by Gasteiger charge is -2.36. The summed E-state index contributed by atoms with van der Waals surface area (Å²) >= 11 is 0. The molecular formula is C24H32F3N5O4. The summed E-state index contributed by atoms with van der Waals surface area (Å²) in [5.74, 6) is 2.04. The number of rotatable bonds is 9. The first-order valence-electron chi connectivity index (χ1n) is 12.2. The van der Waals surface area contributed by atoms with Gasteiger partial charge in [-0.2, -0.15) is 18.2 Å². The first-order chi connectivity index (χ1) is 17.3. The van der Waals surface area contributed by atoms with Gasteiger partial charge in [-0.15, -0.1) is 0 Å². The van der Waals surface area contributed by atoms with Crippen molar-refractivity contribution >= 4 is 28.6 Å². The Labute approximate surface area is 207 Å². The average Bonchev–Trinajstić information content (AvgIpc) is 3.41. The number of nitrogens with one attached hydrogen (secondary N) is 1. The van der Waals surface area contributed by atoms with E-state index in [4.69, 9.17) is 24.2 Å². The van der Waals surface area contributed by atoms with Gasteiger partial charge in [-0.1, -0.05) is 0 Å². The van der Waals surface area contributed by atoms with E-state index in [1.165, 1.54) is 14.2 Å². The number of alkyl halides is 3. The van der Waals surface area contributed by atoms with Crippen molar-refractivity contribution in [3.63, 3.8) is 0 Å². The molecule has 0 bridgehead atoms. The number of unbranched alkanes of at least 4 members (excludes halogenated alkanes) is 1. The molecule has 2 saturated heterocycles. The molecule has 1 unspecified atom stereocenters. The standard InChI is InChI=1S/C24H32F3N5O4/c1-34-19-14-16-17(15-20(19)35-2)29-23(30-21(16)28-8-4-3-7-24(25,26)27)32-11-9-31(10-12-32)22(33)18-6-5-13-36-18/h14-15,18H,3-13H2,1-2H3,(H,28,29,30). The Kier molecular flexibility index (Phi) is 8.22. The smallest absolute Gasteiger partial charge is 0.389 e. The van der Waals surface area contributed by atoms with Crippen LogP contribution in [0.4, 0.5) is 24.9 Å². The number of benzene rings is 1. The van der Waals surface area contributed by atoms with Crippen molar-refractivity contribution < 1.29 is 32.2 Å². The number of hydrogen-bond acceptors (Lipinski definition) is 8. The number of fused-ring (bicyclic) bond motifs is 1. The molecule has 12 heteroatoms. The molecule has 2 aliphatic heterocycles. The van der Waals surface area contributed by atoms with Gasteiger partial charge in [-0.3, -0.25) is 4.79 Å². The lowest BCUT2D eigenvalue weighted by atomic mass is 10.2. The molecule has 0 aliphatic carbocycles. The molecule has 198 valence electrons. The van der Waals surface area contributed by atoms with Crippen molar-refractivity contribution in [2.24, 2.45) is 0 Å². The Hall–Kier alpha value is -3.02. The number of piperazine rings is 1. The van der Waals surface area contributed by atoms with E-state index in [2.05, 4.69) is 5.32 Å². The minimum Gasteiger partial charge on any atom is -0.493 e. The van der Waals surface area contributed by atoms with E-state index in [0.717, 1.165) is 12.8 Å². The quantitative estimate of drug-likeness (QED) is 0.511. The van der Waals surface area contributed by atoms with Crippen LogP contribution < -0.4 is 19.7 Å². The van der Waals surface area contributed by atoms with Crippen LogP contribution in [-0.4, -0.2) is 86.6 Å². The van der Waals surface area contributed by atoms with Gasteiger partial charge in [0.1, 0.15) is 11.9 Å². The molecule has 9 nitrogen and oxygen atoms in total. The Morgan fingerprint density at radius 2 is 1.83 bits per heavy atom. The van der Waals surface area contributed by atoms with Crippen LogP contribution in [-0.2, 0) is 9.53 Å². The summed E-state index contributed by atoms with van der Waals surface area (Å²) in [4.78, 5) is 25.9. The summed E-state index contributed by atoms with van der Waals surface area (Å²) < 4.78 is 53.8. The number of nitrogens with zero attached hydrogens (tertiary/aromatic N) is 4. The van der Waals surface area contributed by atoms with Crippen molar-refractivity contribution in [1.29, 1.82) is 0 Å². The number of carbonyl (C=O) groups is 1. The first kappa shape index (κ1) is 26.1. The molecule has 2 aromatic rings. The number of anilines is 2. The van der Waals surface area contributed by atoms with E-state index in [-0.39, 0.29) is 18.4 Å². The van der Waals surface area contributed by atoms with Crippen LogP contribution in [0, 0.1) is 0 Å². The van der Waals surface area contributed by atoms with Crippen molar-refractivity contribution in [3.8, 4) is 11.5 Å². The van der Waals surface area contributed by atoms with Crippen LogP contribution in [0.2, 0.25) is 0 Å². The van der Waals surface area contributed by atoms with E-state index in [9.17, 15) is 18.0 Å². The molecule has 4 rings (SSSR count). The maximum atomic E-state index is 12.7. The fourth-order valence-electron chi connectivity index (χ4n) is 4.48. The molecule has 2 aliphatic rings. The van der Waals surface area contributed by atoms with Crippen molar-refractivity contribution in [2.75, 3.05) is 63.8 Å². The molecule has 1 amide bonds. The zero-order valence-electron chi connectivity index (χ0n) is 20.6. The number of hydrogen-bond donors (Lipinski definition) is 1. The van der Waals surface area contributed by atoms with Gasteiger partial charge >= 0.3 is 6.18 Å².